The number of benzene rings is 2. The van der Waals surface area contributed by atoms with Gasteiger partial charge in [0, 0.05) is 25.1 Å². The van der Waals surface area contributed by atoms with Gasteiger partial charge < -0.3 is 19.7 Å². The third kappa shape index (κ3) is 5.50. The summed E-state index contributed by atoms with van der Waals surface area (Å²) in [7, 11) is 0. The molecule has 0 radical (unpaired) electrons. The Kier molecular flexibility index (Phi) is 6.75. The number of carbonyl (C=O) groups is 2. The lowest BCUT2D eigenvalue weighted by Crippen LogP contribution is -2.38. The first-order valence-electron chi connectivity index (χ1n) is 9.97. The number of ether oxygens (including phenoxy) is 2. The van der Waals surface area contributed by atoms with Crippen LogP contribution in [0.5, 0.6) is 11.5 Å². The van der Waals surface area contributed by atoms with Crippen LogP contribution in [0.25, 0.3) is 0 Å². The highest BCUT2D eigenvalue weighted by Crippen LogP contribution is 2.32. The Morgan fingerprint density at radius 2 is 1.76 bits per heavy atom. The van der Waals surface area contributed by atoms with Crippen LogP contribution in [0, 0.1) is 5.92 Å². The van der Waals surface area contributed by atoms with E-state index in [0.29, 0.717) is 36.1 Å². The Balaban J connectivity index is 1.61. The third-order valence-electron chi connectivity index (χ3n) is 4.78. The van der Waals surface area contributed by atoms with Gasteiger partial charge in [0.1, 0.15) is 0 Å². The van der Waals surface area contributed by atoms with Gasteiger partial charge in [-0.25, -0.2) is 0 Å². The quantitative estimate of drug-likeness (QED) is 0.737. The number of fused-ring (bicyclic) bond motifs is 1. The standard InChI is InChI=1S/C23H28N2O4/c1-16(2)14-25(23(27)19-9-10-20-21(13-19)29-15-28-20)12-11-22(26)24-17(3)18-7-5-4-6-8-18/h4-10,13,16-17H,11-12,14-15H2,1-3H3,(H,24,26). The fourth-order valence-corrected chi connectivity index (χ4v) is 3.30. The second kappa shape index (κ2) is 9.45. The topological polar surface area (TPSA) is 67.9 Å². The molecule has 1 aliphatic rings. The molecule has 1 aliphatic heterocycles. The molecule has 1 heterocycles. The van der Waals surface area contributed by atoms with Crippen LogP contribution in [-0.4, -0.2) is 36.6 Å². The number of hydrogen-bond acceptors (Lipinski definition) is 4. The van der Waals surface area contributed by atoms with Crippen LogP contribution in [0.1, 0.15) is 49.2 Å². The van der Waals surface area contributed by atoms with Crippen molar-refractivity contribution in [1.29, 1.82) is 0 Å². The minimum Gasteiger partial charge on any atom is -0.454 e. The van der Waals surface area contributed by atoms with E-state index in [2.05, 4.69) is 19.2 Å². The van der Waals surface area contributed by atoms with Gasteiger partial charge in [0.05, 0.1) is 6.04 Å². The molecule has 2 aromatic carbocycles. The number of nitrogens with zero attached hydrogens (tertiary/aromatic N) is 1. The summed E-state index contributed by atoms with van der Waals surface area (Å²) < 4.78 is 10.7. The average molecular weight is 396 g/mol. The lowest BCUT2D eigenvalue weighted by molar-refractivity contribution is -0.121. The summed E-state index contributed by atoms with van der Waals surface area (Å²) in [5.74, 6) is 1.33. The van der Waals surface area contributed by atoms with E-state index in [4.69, 9.17) is 9.47 Å². The predicted molar refractivity (Wildman–Crippen MR) is 111 cm³/mol. The van der Waals surface area contributed by atoms with Crippen molar-refractivity contribution < 1.29 is 19.1 Å². The van der Waals surface area contributed by atoms with Gasteiger partial charge in [-0.2, -0.15) is 0 Å². The first-order chi connectivity index (χ1) is 13.9. The SMILES string of the molecule is CC(C)CN(CCC(=O)NC(C)c1ccccc1)C(=O)c1ccc2c(c1)OCO2. The lowest BCUT2D eigenvalue weighted by Gasteiger charge is -2.25. The van der Waals surface area contributed by atoms with Crippen LogP contribution < -0.4 is 14.8 Å². The Labute approximate surface area is 171 Å². The van der Waals surface area contributed by atoms with E-state index in [9.17, 15) is 9.59 Å². The van der Waals surface area contributed by atoms with Crippen LogP contribution >= 0.6 is 0 Å². The zero-order valence-electron chi connectivity index (χ0n) is 17.2. The van der Waals surface area contributed by atoms with Crippen LogP contribution in [0.2, 0.25) is 0 Å². The van der Waals surface area contributed by atoms with E-state index < -0.39 is 0 Å². The maximum Gasteiger partial charge on any atom is 0.254 e. The Hall–Kier alpha value is -3.02. The maximum absolute atomic E-state index is 13.0. The number of amides is 2. The van der Waals surface area contributed by atoms with Gasteiger partial charge in [-0.05, 0) is 36.6 Å². The molecule has 0 bridgehead atoms. The monoisotopic (exact) mass is 396 g/mol. The van der Waals surface area contributed by atoms with Gasteiger partial charge in [0.2, 0.25) is 12.7 Å². The molecule has 2 amide bonds. The van der Waals surface area contributed by atoms with Gasteiger partial charge in [-0.15, -0.1) is 0 Å². The van der Waals surface area contributed by atoms with Crippen LogP contribution in [0.4, 0.5) is 0 Å². The van der Waals surface area contributed by atoms with Gasteiger partial charge in [0.15, 0.2) is 11.5 Å². The molecule has 1 unspecified atom stereocenters. The second-order valence-electron chi connectivity index (χ2n) is 7.66. The number of rotatable bonds is 8. The smallest absolute Gasteiger partial charge is 0.254 e. The number of hydrogen-bond donors (Lipinski definition) is 1. The molecule has 0 fully saturated rings. The molecular formula is C23H28N2O4. The summed E-state index contributed by atoms with van der Waals surface area (Å²) >= 11 is 0. The highest BCUT2D eigenvalue weighted by molar-refractivity contribution is 5.95. The van der Waals surface area contributed by atoms with E-state index in [0.717, 1.165) is 5.56 Å². The summed E-state index contributed by atoms with van der Waals surface area (Å²) in [6.07, 6.45) is 0.250. The van der Waals surface area contributed by atoms with Crippen molar-refractivity contribution in [1.82, 2.24) is 10.2 Å². The zero-order valence-corrected chi connectivity index (χ0v) is 17.2. The van der Waals surface area contributed by atoms with E-state index in [1.54, 1.807) is 23.1 Å². The van der Waals surface area contributed by atoms with E-state index in [1.807, 2.05) is 37.3 Å². The van der Waals surface area contributed by atoms with Gasteiger partial charge in [0.25, 0.3) is 5.91 Å². The first kappa shape index (κ1) is 20.7. The second-order valence-corrected chi connectivity index (χ2v) is 7.66. The van der Waals surface area contributed by atoms with Crippen LogP contribution in [0.15, 0.2) is 48.5 Å². The van der Waals surface area contributed by atoms with Gasteiger partial charge in [-0.3, -0.25) is 9.59 Å². The van der Waals surface area contributed by atoms with Crippen molar-refractivity contribution in [3.05, 3.63) is 59.7 Å². The van der Waals surface area contributed by atoms with Gasteiger partial charge >= 0.3 is 0 Å². The summed E-state index contributed by atoms with van der Waals surface area (Å²) in [6.45, 7) is 7.17. The normalized spacial score (nSPS) is 13.2. The van der Waals surface area contributed by atoms with Crippen molar-refractivity contribution in [2.45, 2.75) is 33.2 Å². The fraction of sp³-hybridized carbons (Fsp3) is 0.391. The molecule has 0 aliphatic carbocycles. The molecule has 0 saturated heterocycles. The zero-order chi connectivity index (χ0) is 20.8. The Bertz CT molecular complexity index is 851. The Morgan fingerprint density at radius 1 is 1.03 bits per heavy atom. The molecule has 1 atom stereocenters. The van der Waals surface area contributed by atoms with Crippen molar-refractivity contribution in [3.8, 4) is 11.5 Å². The first-order valence-corrected chi connectivity index (χ1v) is 9.97. The molecule has 2 aromatic rings. The molecule has 0 spiro atoms. The minimum atomic E-state index is -0.110. The maximum atomic E-state index is 13.0. The summed E-state index contributed by atoms with van der Waals surface area (Å²) in [4.78, 5) is 27.2. The number of carbonyl (C=O) groups excluding carboxylic acids is 2. The summed E-state index contributed by atoms with van der Waals surface area (Å²) in [5.41, 5.74) is 1.59. The number of nitrogens with one attached hydrogen (secondary N) is 1. The summed E-state index contributed by atoms with van der Waals surface area (Å²) in [6, 6.07) is 14.9. The molecule has 6 nitrogen and oxygen atoms in total. The molecule has 29 heavy (non-hydrogen) atoms. The van der Waals surface area contributed by atoms with E-state index >= 15 is 0 Å². The van der Waals surface area contributed by atoms with Crippen molar-refractivity contribution in [3.63, 3.8) is 0 Å². The van der Waals surface area contributed by atoms with Crippen molar-refractivity contribution in [2.75, 3.05) is 19.9 Å². The van der Waals surface area contributed by atoms with Gasteiger partial charge in [-0.1, -0.05) is 44.2 Å². The Morgan fingerprint density at radius 3 is 2.48 bits per heavy atom. The molecule has 1 N–H and O–H groups in total. The van der Waals surface area contributed by atoms with Crippen LogP contribution in [0.3, 0.4) is 0 Å². The van der Waals surface area contributed by atoms with Crippen molar-refractivity contribution >= 4 is 11.8 Å². The third-order valence-corrected chi connectivity index (χ3v) is 4.78. The lowest BCUT2D eigenvalue weighted by atomic mass is 10.1. The summed E-state index contributed by atoms with van der Waals surface area (Å²) in [5, 5.41) is 3.00. The molecule has 3 rings (SSSR count). The van der Waals surface area contributed by atoms with E-state index in [1.165, 1.54) is 0 Å². The molecule has 0 aromatic heterocycles. The van der Waals surface area contributed by atoms with Crippen molar-refractivity contribution in [2.24, 2.45) is 5.92 Å². The minimum absolute atomic E-state index is 0.0754. The van der Waals surface area contributed by atoms with Crippen LogP contribution in [-0.2, 0) is 4.79 Å². The molecular weight excluding hydrogens is 368 g/mol. The molecule has 154 valence electrons. The van der Waals surface area contributed by atoms with E-state index in [-0.39, 0.29) is 31.1 Å². The average Bonchev–Trinajstić information content (AvgIpc) is 3.18. The highest BCUT2D eigenvalue weighted by Gasteiger charge is 2.22. The predicted octanol–water partition coefficient (Wildman–Crippen LogP) is 3.78. The highest BCUT2D eigenvalue weighted by atomic mass is 16.7. The molecule has 6 heteroatoms. The largest absolute Gasteiger partial charge is 0.454 e. The fourth-order valence-electron chi connectivity index (χ4n) is 3.30. The molecule has 0 saturated carbocycles.